The first kappa shape index (κ1) is 29.0. The van der Waals surface area contributed by atoms with E-state index in [-0.39, 0.29) is 0 Å². The van der Waals surface area contributed by atoms with Gasteiger partial charge >= 0.3 is 0 Å². The minimum atomic E-state index is 0.459. The van der Waals surface area contributed by atoms with Crippen molar-refractivity contribution in [2.75, 3.05) is 12.4 Å². The van der Waals surface area contributed by atoms with Crippen molar-refractivity contribution in [3.05, 3.63) is 163 Å². The molecule has 0 aliphatic rings. The van der Waals surface area contributed by atoms with Gasteiger partial charge < -0.3 is 14.8 Å². The first-order valence-electron chi connectivity index (χ1n) is 15.9. The van der Waals surface area contributed by atoms with Gasteiger partial charge in [-0.25, -0.2) is 9.67 Å². The van der Waals surface area contributed by atoms with Crippen LogP contribution in [0.15, 0.2) is 158 Å². The molecule has 0 saturated carbocycles. The van der Waals surface area contributed by atoms with E-state index >= 15 is 0 Å². The number of fused-ring (bicyclic) bond motifs is 2. The van der Waals surface area contributed by atoms with Gasteiger partial charge in [0, 0.05) is 27.6 Å². The third-order valence-electron chi connectivity index (χ3n) is 8.44. The molecular weight excluding hydrogens is 592 g/mol. The lowest BCUT2D eigenvalue weighted by Crippen LogP contribution is -2.00. The van der Waals surface area contributed by atoms with E-state index < -0.39 is 0 Å². The SMILES string of the molecule is COc1cc(-c2cc(-c3ccc(Nc4c5ccccc5nc5ccccc45)cc3)nn2-c2ccccc2)ccc1OCc1ccccc1. The normalized spacial score (nSPS) is 11.1. The number of rotatable bonds is 9. The van der Waals surface area contributed by atoms with Crippen LogP contribution >= 0.6 is 0 Å². The maximum atomic E-state index is 6.14. The van der Waals surface area contributed by atoms with Crippen LogP contribution in [-0.2, 0) is 6.61 Å². The molecule has 0 unspecified atom stereocenters. The number of pyridine rings is 1. The van der Waals surface area contributed by atoms with Gasteiger partial charge in [-0.3, -0.25) is 0 Å². The topological polar surface area (TPSA) is 61.2 Å². The van der Waals surface area contributed by atoms with Gasteiger partial charge in [0.2, 0.25) is 0 Å². The first-order chi connectivity index (χ1) is 23.7. The van der Waals surface area contributed by atoms with Crippen LogP contribution in [0.3, 0.4) is 0 Å². The Morgan fingerprint density at radius 3 is 1.92 bits per heavy atom. The van der Waals surface area contributed by atoms with E-state index in [1.165, 1.54) is 0 Å². The number of ether oxygens (including phenoxy) is 2. The number of aromatic nitrogens is 3. The number of hydrogen-bond donors (Lipinski definition) is 1. The minimum absolute atomic E-state index is 0.459. The van der Waals surface area contributed by atoms with Crippen LogP contribution in [-0.4, -0.2) is 21.9 Å². The standard InChI is InChI=1S/C42H32N4O2/c1-47-41-26-31(22-25-40(41)48-28-29-12-4-2-5-13-29)39-27-38(45-46(39)33-14-6-3-7-15-33)30-20-23-32(24-21-30)43-42-34-16-8-10-18-36(34)44-37-19-11-9-17-35(37)42/h2-27H,28H2,1H3,(H,43,44). The molecule has 1 N–H and O–H groups in total. The number of benzene rings is 6. The molecule has 0 atom stereocenters. The minimum Gasteiger partial charge on any atom is -0.493 e. The summed E-state index contributed by atoms with van der Waals surface area (Å²) >= 11 is 0. The second-order valence-corrected chi connectivity index (χ2v) is 11.5. The van der Waals surface area contributed by atoms with Gasteiger partial charge in [0.25, 0.3) is 0 Å². The van der Waals surface area contributed by atoms with E-state index in [1.54, 1.807) is 7.11 Å². The Balaban J connectivity index is 1.13. The first-order valence-corrected chi connectivity index (χ1v) is 15.9. The van der Waals surface area contributed by atoms with Gasteiger partial charge in [-0.15, -0.1) is 0 Å². The predicted molar refractivity (Wildman–Crippen MR) is 194 cm³/mol. The zero-order valence-corrected chi connectivity index (χ0v) is 26.4. The van der Waals surface area contributed by atoms with Gasteiger partial charge in [0.15, 0.2) is 11.5 Å². The van der Waals surface area contributed by atoms with E-state index in [1.807, 2.05) is 77.5 Å². The Hall–Kier alpha value is -6.40. The Kier molecular flexibility index (Phi) is 7.73. The number of para-hydroxylation sites is 3. The van der Waals surface area contributed by atoms with Crippen LogP contribution in [0.2, 0.25) is 0 Å². The molecule has 0 fully saturated rings. The number of nitrogens with one attached hydrogen (secondary N) is 1. The van der Waals surface area contributed by atoms with Crippen molar-refractivity contribution < 1.29 is 9.47 Å². The average Bonchev–Trinajstić information content (AvgIpc) is 3.60. The summed E-state index contributed by atoms with van der Waals surface area (Å²) in [6.07, 6.45) is 0. The Morgan fingerprint density at radius 1 is 0.604 bits per heavy atom. The smallest absolute Gasteiger partial charge is 0.161 e. The van der Waals surface area contributed by atoms with Crippen LogP contribution in [0.5, 0.6) is 11.5 Å². The van der Waals surface area contributed by atoms with Crippen LogP contribution in [0.1, 0.15) is 5.56 Å². The quantitative estimate of drug-likeness (QED) is 0.162. The summed E-state index contributed by atoms with van der Waals surface area (Å²) < 4.78 is 13.9. The monoisotopic (exact) mass is 624 g/mol. The summed E-state index contributed by atoms with van der Waals surface area (Å²) in [5.74, 6) is 1.35. The van der Waals surface area contributed by atoms with Crippen molar-refractivity contribution in [1.29, 1.82) is 0 Å². The largest absolute Gasteiger partial charge is 0.493 e. The summed E-state index contributed by atoms with van der Waals surface area (Å²) in [5, 5.41) is 10.9. The molecule has 6 aromatic carbocycles. The van der Waals surface area contributed by atoms with E-state index in [2.05, 4.69) is 90.2 Å². The Bertz CT molecular complexity index is 2300. The fraction of sp³-hybridized carbons (Fsp3) is 0.0476. The van der Waals surface area contributed by atoms with E-state index in [9.17, 15) is 0 Å². The number of hydrogen-bond acceptors (Lipinski definition) is 5. The highest BCUT2D eigenvalue weighted by Crippen LogP contribution is 2.37. The molecule has 0 amide bonds. The van der Waals surface area contributed by atoms with Crippen LogP contribution in [0.4, 0.5) is 11.4 Å². The fourth-order valence-corrected chi connectivity index (χ4v) is 6.02. The van der Waals surface area contributed by atoms with Crippen molar-refractivity contribution in [3.8, 4) is 39.7 Å². The molecule has 8 aromatic rings. The van der Waals surface area contributed by atoms with Crippen LogP contribution < -0.4 is 14.8 Å². The summed E-state index contributed by atoms with van der Waals surface area (Å²) in [5.41, 5.74) is 9.81. The molecule has 0 aliphatic carbocycles. The summed E-state index contributed by atoms with van der Waals surface area (Å²) in [4.78, 5) is 4.87. The molecule has 0 bridgehead atoms. The molecule has 48 heavy (non-hydrogen) atoms. The van der Waals surface area contributed by atoms with Crippen molar-refractivity contribution >= 4 is 33.2 Å². The lowest BCUT2D eigenvalue weighted by atomic mass is 10.1. The fourth-order valence-electron chi connectivity index (χ4n) is 6.02. The highest BCUT2D eigenvalue weighted by molar-refractivity contribution is 6.08. The summed E-state index contributed by atoms with van der Waals surface area (Å²) in [7, 11) is 1.67. The third kappa shape index (κ3) is 5.72. The second-order valence-electron chi connectivity index (χ2n) is 11.5. The van der Waals surface area contributed by atoms with Gasteiger partial charge in [0.1, 0.15) is 6.61 Å². The van der Waals surface area contributed by atoms with Crippen molar-refractivity contribution in [3.63, 3.8) is 0 Å². The van der Waals surface area contributed by atoms with Crippen LogP contribution in [0.25, 0.3) is 50.0 Å². The number of methoxy groups -OCH3 is 1. The molecule has 2 heterocycles. The zero-order chi connectivity index (χ0) is 32.3. The molecule has 0 aliphatic heterocycles. The molecule has 6 nitrogen and oxygen atoms in total. The average molecular weight is 625 g/mol. The van der Waals surface area contributed by atoms with Crippen LogP contribution in [0, 0.1) is 0 Å². The van der Waals surface area contributed by atoms with Gasteiger partial charge in [0.05, 0.1) is 40.9 Å². The van der Waals surface area contributed by atoms with Gasteiger partial charge in [-0.2, -0.15) is 5.10 Å². The van der Waals surface area contributed by atoms with Crippen molar-refractivity contribution in [2.45, 2.75) is 6.61 Å². The van der Waals surface area contributed by atoms with E-state index in [4.69, 9.17) is 19.6 Å². The lowest BCUT2D eigenvalue weighted by molar-refractivity contribution is 0.284. The summed E-state index contributed by atoms with van der Waals surface area (Å²) in [6, 6.07) is 53.3. The highest BCUT2D eigenvalue weighted by atomic mass is 16.5. The van der Waals surface area contributed by atoms with Crippen molar-refractivity contribution in [1.82, 2.24) is 14.8 Å². The maximum Gasteiger partial charge on any atom is 0.161 e. The molecule has 0 spiro atoms. The third-order valence-corrected chi connectivity index (χ3v) is 8.44. The molecule has 2 aromatic heterocycles. The maximum absolute atomic E-state index is 6.14. The summed E-state index contributed by atoms with van der Waals surface area (Å²) in [6.45, 7) is 0.459. The molecule has 6 heteroatoms. The van der Waals surface area contributed by atoms with Gasteiger partial charge in [-0.1, -0.05) is 97.1 Å². The van der Waals surface area contributed by atoms with Crippen molar-refractivity contribution in [2.24, 2.45) is 0 Å². The molecule has 232 valence electrons. The highest BCUT2D eigenvalue weighted by Gasteiger charge is 2.16. The Morgan fingerprint density at radius 2 is 1.23 bits per heavy atom. The molecule has 8 rings (SSSR count). The number of nitrogens with zero attached hydrogens (tertiary/aromatic N) is 3. The lowest BCUT2D eigenvalue weighted by Gasteiger charge is -2.13. The second kappa shape index (κ2) is 12.8. The Labute approximate surface area is 278 Å². The molecule has 0 radical (unpaired) electrons. The zero-order valence-electron chi connectivity index (χ0n) is 26.4. The number of anilines is 2. The van der Waals surface area contributed by atoms with Gasteiger partial charge in [-0.05, 0) is 66.2 Å². The van der Waals surface area contributed by atoms with E-state index in [0.29, 0.717) is 18.1 Å². The predicted octanol–water partition coefficient (Wildman–Crippen LogP) is 10.2. The van der Waals surface area contributed by atoms with E-state index in [0.717, 1.165) is 66.9 Å². The molecular formula is C42H32N4O2. The molecule has 0 saturated heterocycles.